The van der Waals surface area contributed by atoms with Gasteiger partial charge in [-0.15, -0.1) is 5.59 Å². The molecule has 3 nitrogen and oxygen atoms in total. The molecule has 0 unspecified atom stereocenters. The lowest BCUT2D eigenvalue weighted by Gasteiger charge is -2.17. The monoisotopic (exact) mass is 152 g/mol. The van der Waals surface area contributed by atoms with Crippen LogP contribution in [-0.4, -0.2) is 14.2 Å². The summed E-state index contributed by atoms with van der Waals surface area (Å²) in [7, 11) is 3.47. The summed E-state index contributed by atoms with van der Waals surface area (Å²) in [4.78, 5) is 4.73. The molecule has 0 atom stereocenters. The number of para-hydroxylation sites is 1. The normalized spacial score (nSPS) is 9.64. The zero-order valence-corrected chi connectivity index (χ0v) is 6.74. The molecule has 0 aromatic heterocycles. The molecule has 0 aliphatic heterocycles. The summed E-state index contributed by atoms with van der Waals surface area (Å²) < 4.78 is 0. The summed E-state index contributed by atoms with van der Waals surface area (Å²) >= 11 is 0. The van der Waals surface area contributed by atoms with E-state index in [2.05, 4.69) is 5.59 Å². The van der Waals surface area contributed by atoms with E-state index in [1.54, 1.807) is 12.1 Å². The highest BCUT2D eigenvalue weighted by Crippen LogP contribution is 2.07. The predicted octanol–water partition coefficient (Wildman–Crippen LogP) is 1.19. The second-order valence-electron chi connectivity index (χ2n) is 2.19. The van der Waals surface area contributed by atoms with Crippen LogP contribution in [0.15, 0.2) is 30.3 Å². The quantitative estimate of drug-likeness (QED) is 0.658. The van der Waals surface area contributed by atoms with Crippen LogP contribution in [0.3, 0.4) is 0 Å². The number of hydrogen-bond donors (Lipinski definition) is 1. The van der Waals surface area contributed by atoms with Crippen LogP contribution in [-0.2, 0) is 4.84 Å². The van der Waals surface area contributed by atoms with Crippen LogP contribution in [0, 0.1) is 0 Å². The van der Waals surface area contributed by atoms with E-state index in [1.807, 2.05) is 37.4 Å². The SMILES string of the molecule is CONN(C)c1ccccc1. The van der Waals surface area contributed by atoms with Crippen LogP contribution >= 0.6 is 0 Å². The Balaban J connectivity index is 2.61. The van der Waals surface area contributed by atoms with Gasteiger partial charge in [0.2, 0.25) is 0 Å². The minimum Gasteiger partial charge on any atom is -0.289 e. The fourth-order valence-corrected chi connectivity index (χ4v) is 0.841. The first-order valence-electron chi connectivity index (χ1n) is 3.42. The van der Waals surface area contributed by atoms with Crippen molar-refractivity contribution >= 4 is 5.69 Å². The second-order valence-corrected chi connectivity index (χ2v) is 2.19. The Labute approximate surface area is 66.5 Å². The topological polar surface area (TPSA) is 24.5 Å². The largest absolute Gasteiger partial charge is 0.289 e. The van der Waals surface area contributed by atoms with E-state index in [0.29, 0.717) is 0 Å². The highest BCUT2D eigenvalue weighted by atomic mass is 16.7. The number of rotatable bonds is 3. The van der Waals surface area contributed by atoms with E-state index in [-0.39, 0.29) is 0 Å². The Bertz CT molecular complexity index is 201. The lowest BCUT2D eigenvalue weighted by molar-refractivity contribution is 0.0872. The molecule has 3 heteroatoms. The molecular formula is C8H12N2O. The molecule has 1 aromatic rings. The van der Waals surface area contributed by atoms with Crippen molar-refractivity contribution in [1.29, 1.82) is 0 Å². The lowest BCUT2D eigenvalue weighted by Crippen LogP contribution is -2.32. The Kier molecular flexibility index (Phi) is 2.89. The smallest absolute Gasteiger partial charge is 0.0593 e. The van der Waals surface area contributed by atoms with Gasteiger partial charge in [0, 0.05) is 7.05 Å². The average Bonchev–Trinajstić information content (AvgIpc) is 2.07. The second kappa shape index (κ2) is 3.95. The maximum absolute atomic E-state index is 4.73. The number of nitrogens with zero attached hydrogens (tertiary/aromatic N) is 1. The number of benzene rings is 1. The Morgan fingerprint density at radius 2 is 1.91 bits per heavy atom. The van der Waals surface area contributed by atoms with Gasteiger partial charge in [0.15, 0.2) is 0 Å². The Morgan fingerprint density at radius 1 is 1.27 bits per heavy atom. The van der Waals surface area contributed by atoms with E-state index >= 15 is 0 Å². The van der Waals surface area contributed by atoms with Gasteiger partial charge < -0.3 is 0 Å². The third-order valence-corrected chi connectivity index (χ3v) is 1.37. The van der Waals surface area contributed by atoms with Crippen LogP contribution in [0.4, 0.5) is 5.69 Å². The zero-order chi connectivity index (χ0) is 8.10. The van der Waals surface area contributed by atoms with E-state index in [4.69, 9.17) is 4.84 Å². The minimum atomic E-state index is 1.06. The zero-order valence-electron chi connectivity index (χ0n) is 6.74. The van der Waals surface area contributed by atoms with Gasteiger partial charge in [-0.3, -0.25) is 9.85 Å². The van der Waals surface area contributed by atoms with Crippen molar-refractivity contribution in [1.82, 2.24) is 5.59 Å². The van der Waals surface area contributed by atoms with Crippen molar-refractivity contribution in [3.8, 4) is 0 Å². The Morgan fingerprint density at radius 3 is 2.45 bits per heavy atom. The summed E-state index contributed by atoms with van der Waals surface area (Å²) in [5.74, 6) is 0. The number of hydrogen-bond acceptors (Lipinski definition) is 3. The molecule has 60 valence electrons. The maximum Gasteiger partial charge on any atom is 0.0593 e. The van der Waals surface area contributed by atoms with Gasteiger partial charge in [-0.1, -0.05) is 18.2 Å². The molecule has 0 bridgehead atoms. The highest BCUT2D eigenvalue weighted by Gasteiger charge is 1.94. The van der Waals surface area contributed by atoms with Crippen LogP contribution in [0.2, 0.25) is 0 Å². The molecule has 0 aliphatic carbocycles. The maximum atomic E-state index is 4.73. The number of anilines is 1. The summed E-state index contributed by atoms with van der Waals surface area (Å²) in [6.07, 6.45) is 0. The fourth-order valence-electron chi connectivity index (χ4n) is 0.841. The molecule has 0 saturated carbocycles. The van der Waals surface area contributed by atoms with Crippen molar-refractivity contribution in [2.45, 2.75) is 0 Å². The molecule has 1 aromatic carbocycles. The van der Waals surface area contributed by atoms with Gasteiger partial charge in [-0.2, -0.15) is 0 Å². The van der Waals surface area contributed by atoms with Gasteiger partial charge in [0.1, 0.15) is 0 Å². The fraction of sp³-hybridized carbons (Fsp3) is 0.250. The van der Waals surface area contributed by atoms with E-state index in [0.717, 1.165) is 5.69 Å². The summed E-state index contributed by atoms with van der Waals surface area (Å²) in [6.45, 7) is 0. The standard InChI is InChI=1S/C8H12N2O/c1-10(9-11-2)8-6-4-3-5-7-8/h3-7,9H,1-2H3. The van der Waals surface area contributed by atoms with Crippen molar-refractivity contribution < 1.29 is 4.84 Å². The molecule has 0 saturated heterocycles. The third-order valence-electron chi connectivity index (χ3n) is 1.37. The highest BCUT2D eigenvalue weighted by molar-refractivity contribution is 5.43. The van der Waals surface area contributed by atoms with E-state index in [1.165, 1.54) is 0 Å². The molecule has 0 heterocycles. The van der Waals surface area contributed by atoms with E-state index < -0.39 is 0 Å². The first-order chi connectivity index (χ1) is 5.34. The molecule has 1 rings (SSSR count). The molecule has 11 heavy (non-hydrogen) atoms. The Hall–Kier alpha value is -1.06. The summed E-state index contributed by atoms with van der Waals surface area (Å²) in [6, 6.07) is 9.91. The number of hydrazine groups is 1. The third kappa shape index (κ3) is 2.22. The van der Waals surface area contributed by atoms with Gasteiger partial charge in [0.25, 0.3) is 0 Å². The first kappa shape index (κ1) is 8.04. The predicted molar refractivity (Wildman–Crippen MR) is 45.0 cm³/mol. The van der Waals surface area contributed by atoms with Gasteiger partial charge in [0.05, 0.1) is 12.8 Å². The molecule has 0 radical (unpaired) electrons. The molecule has 0 spiro atoms. The van der Waals surface area contributed by atoms with Crippen molar-refractivity contribution in [2.75, 3.05) is 19.2 Å². The molecule has 0 amide bonds. The van der Waals surface area contributed by atoms with Crippen molar-refractivity contribution in [3.63, 3.8) is 0 Å². The molecular weight excluding hydrogens is 140 g/mol. The van der Waals surface area contributed by atoms with Crippen molar-refractivity contribution in [3.05, 3.63) is 30.3 Å². The van der Waals surface area contributed by atoms with E-state index in [9.17, 15) is 0 Å². The van der Waals surface area contributed by atoms with Crippen LogP contribution in [0.25, 0.3) is 0 Å². The van der Waals surface area contributed by atoms with Crippen LogP contribution in [0.1, 0.15) is 0 Å². The van der Waals surface area contributed by atoms with Gasteiger partial charge in [-0.05, 0) is 12.1 Å². The number of nitrogens with one attached hydrogen (secondary N) is 1. The molecule has 1 N–H and O–H groups in total. The van der Waals surface area contributed by atoms with Crippen LogP contribution < -0.4 is 10.6 Å². The molecule has 0 fully saturated rings. The van der Waals surface area contributed by atoms with Crippen molar-refractivity contribution in [2.24, 2.45) is 0 Å². The minimum absolute atomic E-state index is 1.06. The molecule has 0 aliphatic rings. The van der Waals surface area contributed by atoms with Gasteiger partial charge >= 0.3 is 0 Å². The average molecular weight is 152 g/mol. The summed E-state index contributed by atoms with van der Waals surface area (Å²) in [5, 5.41) is 1.79. The lowest BCUT2D eigenvalue weighted by atomic mass is 10.3. The van der Waals surface area contributed by atoms with Gasteiger partial charge in [-0.25, -0.2) is 0 Å². The van der Waals surface area contributed by atoms with Crippen LogP contribution in [0.5, 0.6) is 0 Å². The first-order valence-corrected chi connectivity index (χ1v) is 3.42. The summed E-state index contributed by atoms with van der Waals surface area (Å²) in [5.41, 5.74) is 3.76.